The minimum atomic E-state index is -0.867. The second-order valence-electron chi connectivity index (χ2n) is 10.9. The van der Waals surface area contributed by atoms with E-state index in [0.717, 1.165) is 5.56 Å². The molecule has 11 heteroatoms. The molecule has 0 unspecified atom stereocenters. The summed E-state index contributed by atoms with van der Waals surface area (Å²) in [4.78, 5) is 37.8. The molecule has 1 saturated carbocycles. The highest BCUT2D eigenvalue weighted by atomic mass is 35.5. The zero-order valence-electron chi connectivity index (χ0n) is 22.1. The van der Waals surface area contributed by atoms with Gasteiger partial charge in [-0.25, -0.2) is 9.48 Å². The summed E-state index contributed by atoms with van der Waals surface area (Å²) < 4.78 is 7.36. The maximum Gasteiger partial charge on any atom is 0.407 e. The van der Waals surface area contributed by atoms with Crippen LogP contribution in [0, 0.1) is 5.21 Å². The third-order valence-electron chi connectivity index (χ3n) is 6.94. The van der Waals surface area contributed by atoms with Crippen LogP contribution in [-0.4, -0.2) is 33.9 Å². The third-order valence-corrected chi connectivity index (χ3v) is 7.17. The van der Waals surface area contributed by atoms with Crippen LogP contribution in [0.3, 0.4) is 0 Å². The van der Waals surface area contributed by atoms with Crippen molar-refractivity contribution in [2.24, 2.45) is 5.73 Å². The normalized spacial score (nSPS) is 19.3. The molecule has 0 bridgehead atoms. The summed E-state index contributed by atoms with van der Waals surface area (Å²) >= 11 is 6.32. The summed E-state index contributed by atoms with van der Waals surface area (Å²) in [6.07, 6.45) is 4.40. The molecule has 3 aromatic rings. The van der Waals surface area contributed by atoms with E-state index in [9.17, 15) is 19.6 Å². The van der Waals surface area contributed by atoms with Crippen LogP contribution in [0.15, 0.2) is 59.7 Å². The van der Waals surface area contributed by atoms with Gasteiger partial charge < -0.3 is 21.0 Å². The van der Waals surface area contributed by atoms with E-state index in [4.69, 9.17) is 22.1 Å². The molecule has 2 aromatic heterocycles. The number of benzene rings is 1. The molecule has 1 fully saturated rings. The van der Waals surface area contributed by atoms with Crippen molar-refractivity contribution >= 4 is 23.6 Å². The Balaban J connectivity index is 1.65. The van der Waals surface area contributed by atoms with Gasteiger partial charge in [0.1, 0.15) is 11.2 Å². The molecule has 3 N–H and O–H groups in total. The molecule has 0 radical (unpaired) electrons. The van der Waals surface area contributed by atoms with E-state index in [-0.39, 0.29) is 11.6 Å². The van der Waals surface area contributed by atoms with E-state index >= 15 is 0 Å². The summed E-state index contributed by atoms with van der Waals surface area (Å²) in [6.45, 7) is 5.72. The predicted octanol–water partition coefficient (Wildman–Crippen LogP) is 3.87. The number of primary amides is 1. The molecular weight excluding hydrogens is 522 g/mol. The summed E-state index contributed by atoms with van der Waals surface area (Å²) in [7, 11) is 0. The van der Waals surface area contributed by atoms with Crippen LogP contribution in [0.5, 0.6) is 0 Å². The third kappa shape index (κ3) is 6.57. The molecule has 0 atom stereocenters. The van der Waals surface area contributed by atoms with Crippen LogP contribution in [0.1, 0.15) is 68.4 Å². The summed E-state index contributed by atoms with van der Waals surface area (Å²) in [5, 5.41) is 19.9. The average Bonchev–Trinajstić information content (AvgIpc) is 2.87. The molecule has 2 heterocycles. The van der Waals surface area contributed by atoms with E-state index in [1.54, 1.807) is 39.0 Å². The number of nitrogens with two attached hydrogens (primary N) is 1. The van der Waals surface area contributed by atoms with E-state index in [2.05, 4.69) is 10.4 Å². The smallest absolute Gasteiger partial charge is 0.407 e. The van der Waals surface area contributed by atoms with Crippen LogP contribution in [0.2, 0.25) is 5.02 Å². The largest absolute Gasteiger partial charge is 0.619 e. The maximum absolute atomic E-state index is 13.2. The zero-order chi connectivity index (χ0) is 28.4. The predicted molar refractivity (Wildman–Crippen MR) is 146 cm³/mol. The Hall–Kier alpha value is -3.92. The lowest BCUT2D eigenvalue weighted by atomic mass is 9.68. The van der Waals surface area contributed by atoms with Gasteiger partial charge in [0.05, 0.1) is 17.3 Å². The van der Waals surface area contributed by atoms with Crippen LogP contribution in [-0.2, 0) is 10.2 Å². The number of rotatable bonds is 6. The molecule has 10 nitrogen and oxygen atoms in total. The quantitative estimate of drug-likeness (QED) is 0.350. The van der Waals surface area contributed by atoms with Crippen LogP contribution in [0.25, 0.3) is 11.3 Å². The molecule has 0 spiro atoms. The second kappa shape index (κ2) is 11.1. The Morgan fingerprint density at radius 2 is 1.95 bits per heavy atom. The fraction of sp³-hybridized carbons (Fsp3) is 0.393. The first-order valence-electron chi connectivity index (χ1n) is 12.7. The molecular formula is C28H32ClN5O5. The number of hydrogen-bond acceptors (Lipinski definition) is 6. The standard InChI is InChI=1S/C28H32ClN5O5/c1-27(2,3)39-26(37)31-17-28(19-7-4-8-20(29)14-19)11-9-21(10-12-28)34-25(36)22(24(30)35)15-23(32-34)18-6-5-13-33(38)16-18/h4-8,13-16,21H,9-12,17H2,1-3H3,(H2,30,35)(H,31,37). The average molecular weight is 554 g/mol. The van der Waals surface area contributed by atoms with Gasteiger partial charge in [0.2, 0.25) is 0 Å². The fourth-order valence-electron chi connectivity index (χ4n) is 5.02. The molecule has 4 rings (SSSR count). The molecule has 0 aliphatic heterocycles. The molecule has 1 aromatic carbocycles. The number of nitrogens with zero attached hydrogens (tertiary/aromatic N) is 3. The van der Waals surface area contributed by atoms with Gasteiger partial charge in [-0.05, 0) is 76.3 Å². The lowest BCUT2D eigenvalue weighted by Gasteiger charge is -2.41. The molecule has 0 saturated heterocycles. The second-order valence-corrected chi connectivity index (χ2v) is 11.3. The Labute approximate surface area is 231 Å². The van der Waals surface area contributed by atoms with Crippen molar-refractivity contribution in [3.63, 3.8) is 0 Å². The highest BCUT2D eigenvalue weighted by molar-refractivity contribution is 6.30. The monoisotopic (exact) mass is 553 g/mol. The van der Waals surface area contributed by atoms with Gasteiger partial charge >= 0.3 is 6.09 Å². The van der Waals surface area contributed by atoms with Crippen LogP contribution < -0.4 is 21.3 Å². The highest BCUT2D eigenvalue weighted by Gasteiger charge is 2.39. The number of aromatic nitrogens is 3. The first kappa shape index (κ1) is 28.1. The fourth-order valence-corrected chi connectivity index (χ4v) is 5.21. The number of alkyl carbamates (subject to hydrolysis) is 1. The van der Waals surface area contributed by atoms with Crippen molar-refractivity contribution in [2.45, 2.75) is 63.5 Å². The Kier molecular flexibility index (Phi) is 7.96. The zero-order valence-corrected chi connectivity index (χ0v) is 22.9. The molecule has 1 aliphatic rings. The lowest BCUT2D eigenvalue weighted by Crippen LogP contribution is -2.46. The summed E-state index contributed by atoms with van der Waals surface area (Å²) in [6, 6.07) is 11.8. The van der Waals surface area contributed by atoms with E-state index in [1.807, 2.05) is 18.2 Å². The summed E-state index contributed by atoms with van der Waals surface area (Å²) in [5.74, 6) is -0.867. The first-order chi connectivity index (χ1) is 18.4. The van der Waals surface area contributed by atoms with Gasteiger partial charge in [-0.3, -0.25) is 9.59 Å². The number of carbonyl (C=O) groups is 2. The van der Waals surface area contributed by atoms with Crippen LogP contribution in [0.4, 0.5) is 4.79 Å². The maximum atomic E-state index is 13.2. The summed E-state index contributed by atoms with van der Waals surface area (Å²) in [5.41, 5.74) is 5.38. The van der Waals surface area contributed by atoms with Gasteiger partial charge in [-0.2, -0.15) is 9.83 Å². The van der Waals surface area contributed by atoms with Crippen molar-refractivity contribution in [2.75, 3.05) is 6.54 Å². The first-order valence-corrected chi connectivity index (χ1v) is 13.1. The van der Waals surface area contributed by atoms with E-state index in [0.29, 0.717) is 53.2 Å². The molecule has 1 aliphatic carbocycles. The van der Waals surface area contributed by atoms with E-state index < -0.39 is 28.6 Å². The van der Waals surface area contributed by atoms with E-state index in [1.165, 1.54) is 23.1 Å². The molecule has 206 valence electrons. The Bertz CT molecular complexity index is 1440. The van der Waals surface area contributed by atoms with Gasteiger partial charge in [0.15, 0.2) is 12.4 Å². The van der Waals surface area contributed by atoms with Gasteiger partial charge in [-0.15, -0.1) is 0 Å². The number of ether oxygens (including phenoxy) is 1. The molecule has 39 heavy (non-hydrogen) atoms. The van der Waals surface area contributed by atoms with Crippen molar-refractivity contribution in [3.8, 4) is 11.3 Å². The highest BCUT2D eigenvalue weighted by Crippen LogP contribution is 2.43. The Morgan fingerprint density at radius 1 is 1.23 bits per heavy atom. The minimum absolute atomic E-state index is 0.195. The van der Waals surface area contributed by atoms with Crippen LogP contribution >= 0.6 is 11.6 Å². The van der Waals surface area contributed by atoms with Crippen molar-refractivity contribution in [3.05, 3.63) is 86.6 Å². The topological polar surface area (TPSA) is 143 Å². The van der Waals surface area contributed by atoms with Gasteiger partial charge in [0, 0.05) is 23.0 Å². The van der Waals surface area contributed by atoms with Gasteiger partial charge in [-0.1, -0.05) is 23.7 Å². The SMILES string of the molecule is CC(C)(C)OC(=O)NCC1(c2cccc(Cl)c2)CCC(n2nc(-c3ccc[n+]([O-])c3)cc(C(N)=O)c2=O)CC1. The number of carbonyl (C=O) groups excluding carboxylic acids is 2. The number of pyridine rings is 1. The number of amides is 2. The van der Waals surface area contributed by atoms with Crippen molar-refractivity contribution in [1.82, 2.24) is 15.1 Å². The Morgan fingerprint density at radius 3 is 2.56 bits per heavy atom. The number of hydrogen-bond donors (Lipinski definition) is 2. The van der Waals surface area contributed by atoms with Crippen molar-refractivity contribution < 1.29 is 19.1 Å². The lowest BCUT2D eigenvalue weighted by molar-refractivity contribution is -0.604. The van der Waals surface area contributed by atoms with Crippen molar-refractivity contribution in [1.29, 1.82) is 0 Å². The minimum Gasteiger partial charge on any atom is -0.619 e. The number of nitrogens with one attached hydrogen (secondary N) is 1. The number of halogens is 1. The van der Waals surface area contributed by atoms with Gasteiger partial charge in [0.25, 0.3) is 11.5 Å². The molecule has 2 amide bonds.